The second kappa shape index (κ2) is 8.33. The van der Waals surface area contributed by atoms with Gasteiger partial charge in [0.25, 0.3) is 5.91 Å². The van der Waals surface area contributed by atoms with Crippen LogP contribution in [0, 0.1) is 0 Å². The number of carbonyl (C=O) groups excluding carboxylic acids is 1. The molecule has 6 nitrogen and oxygen atoms in total. The third-order valence-electron chi connectivity index (χ3n) is 3.58. The number of hydrogen-bond donors (Lipinski definition) is 2. The summed E-state index contributed by atoms with van der Waals surface area (Å²) in [6.07, 6.45) is 0. The molecule has 0 aliphatic carbocycles. The quantitative estimate of drug-likeness (QED) is 0.669. The molecule has 0 aliphatic rings. The summed E-state index contributed by atoms with van der Waals surface area (Å²) in [5.74, 6) is -1.12. The number of carboxylic acid groups (broad SMARTS) is 1. The number of halogens is 1. The number of anilines is 1. The third-order valence-corrected chi connectivity index (χ3v) is 3.83. The summed E-state index contributed by atoms with van der Waals surface area (Å²) < 4.78 is 5.10. The molecule has 0 saturated carbocycles. The molecule has 7 heteroatoms. The van der Waals surface area contributed by atoms with E-state index in [-0.39, 0.29) is 11.6 Å². The van der Waals surface area contributed by atoms with Crippen LogP contribution in [0.2, 0.25) is 5.02 Å². The Morgan fingerprint density at radius 1 is 1.04 bits per heavy atom. The summed E-state index contributed by atoms with van der Waals surface area (Å²) >= 11 is 5.90. The standard InChI is InChI=1S/C20H15ClN2O4/c21-14-9-7-13(8-10-14)17-5-2-6-18(23-17)20(26)22-15-3-1-4-16(11-15)27-12-19(24)25/h1-11H,12H2,(H,22,26)(H,24,25). The van der Waals surface area contributed by atoms with Crippen molar-refractivity contribution in [2.45, 2.75) is 0 Å². The first-order chi connectivity index (χ1) is 13.0. The SMILES string of the molecule is O=C(O)COc1cccc(NC(=O)c2cccc(-c3ccc(Cl)cc3)n2)c1. The summed E-state index contributed by atoms with van der Waals surface area (Å²) in [4.78, 5) is 27.5. The Hall–Kier alpha value is -3.38. The lowest BCUT2D eigenvalue weighted by atomic mass is 10.1. The average Bonchev–Trinajstić information content (AvgIpc) is 2.67. The number of aliphatic carboxylic acids is 1. The highest BCUT2D eigenvalue weighted by atomic mass is 35.5. The van der Waals surface area contributed by atoms with Gasteiger partial charge in [-0.3, -0.25) is 4.79 Å². The molecule has 0 spiro atoms. The van der Waals surface area contributed by atoms with Crippen LogP contribution in [0.5, 0.6) is 5.75 Å². The minimum atomic E-state index is -1.08. The van der Waals surface area contributed by atoms with Crippen molar-refractivity contribution in [3.63, 3.8) is 0 Å². The maximum absolute atomic E-state index is 12.5. The Morgan fingerprint density at radius 2 is 1.78 bits per heavy atom. The van der Waals surface area contributed by atoms with Crippen LogP contribution in [0.25, 0.3) is 11.3 Å². The first-order valence-corrected chi connectivity index (χ1v) is 8.38. The molecule has 27 heavy (non-hydrogen) atoms. The van der Waals surface area contributed by atoms with Gasteiger partial charge in [-0.25, -0.2) is 9.78 Å². The molecule has 1 amide bonds. The number of rotatable bonds is 6. The van der Waals surface area contributed by atoms with E-state index in [1.807, 2.05) is 12.1 Å². The lowest BCUT2D eigenvalue weighted by molar-refractivity contribution is -0.139. The average molecular weight is 383 g/mol. The van der Waals surface area contributed by atoms with E-state index in [4.69, 9.17) is 21.4 Å². The van der Waals surface area contributed by atoms with Gasteiger partial charge < -0.3 is 15.2 Å². The molecule has 2 N–H and O–H groups in total. The molecule has 0 bridgehead atoms. The van der Waals surface area contributed by atoms with Crippen molar-refractivity contribution in [2.75, 3.05) is 11.9 Å². The van der Waals surface area contributed by atoms with Crippen molar-refractivity contribution in [1.82, 2.24) is 4.98 Å². The number of nitrogens with one attached hydrogen (secondary N) is 1. The normalized spacial score (nSPS) is 10.3. The maximum Gasteiger partial charge on any atom is 0.341 e. The molecule has 1 aromatic heterocycles. The van der Waals surface area contributed by atoms with Gasteiger partial charge in [-0.1, -0.05) is 35.9 Å². The van der Waals surface area contributed by atoms with Gasteiger partial charge in [0.05, 0.1) is 5.69 Å². The molecule has 136 valence electrons. The summed E-state index contributed by atoms with van der Waals surface area (Å²) in [6.45, 7) is -0.456. The lowest BCUT2D eigenvalue weighted by Crippen LogP contribution is -2.14. The number of nitrogens with zero attached hydrogens (tertiary/aromatic N) is 1. The molecule has 0 aliphatic heterocycles. The number of aromatic nitrogens is 1. The van der Waals surface area contributed by atoms with Gasteiger partial charge in [-0.2, -0.15) is 0 Å². The topological polar surface area (TPSA) is 88.5 Å². The highest BCUT2D eigenvalue weighted by molar-refractivity contribution is 6.30. The molecule has 3 aromatic rings. The van der Waals surface area contributed by atoms with E-state index in [0.29, 0.717) is 22.2 Å². The van der Waals surface area contributed by atoms with Crippen molar-refractivity contribution in [2.24, 2.45) is 0 Å². The number of benzene rings is 2. The van der Waals surface area contributed by atoms with E-state index in [9.17, 15) is 9.59 Å². The number of hydrogen-bond acceptors (Lipinski definition) is 4. The minimum Gasteiger partial charge on any atom is -0.482 e. The van der Waals surface area contributed by atoms with Crippen LogP contribution in [-0.4, -0.2) is 28.6 Å². The van der Waals surface area contributed by atoms with E-state index in [1.54, 1.807) is 54.6 Å². The fourth-order valence-electron chi connectivity index (χ4n) is 2.35. The first-order valence-electron chi connectivity index (χ1n) is 8.00. The van der Waals surface area contributed by atoms with Gasteiger partial charge >= 0.3 is 5.97 Å². The Kier molecular flexibility index (Phi) is 5.68. The molecular weight excluding hydrogens is 368 g/mol. The second-order valence-corrected chi connectivity index (χ2v) is 6.02. The summed E-state index contributed by atoms with van der Waals surface area (Å²) in [5.41, 5.74) is 2.22. The highest BCUT2D eigenvalue weighted by Crippen LogP contribution is 2.21. The highest BCUT2D eigenvalue weighted by Gasteiger charge is 2.10. The van der Waals surface area contributed by atoms with Crippen molar-refractivity contribution in [1.29, 1.82) is 0 Å². The Morgan fingerprint density at radius 3 is 2.52 bits per heavy atom. The van der Waals surface area contributed by atoms with Gasteiger partial charge in [0, 0.05) is 22.3 Å². The fraction of sp³-hybridized carbons (Fsp3) is 0.0500. The van der Waals surface area contributed by atoms with Gasteiger partial charge in [0.2, 0.25) is 0 Å². The van der Waals surface area contributed by atoms with Gasteiger partial charge in [-0.05, 0) is 36.4 Å². The molecule has 0 saturated heterocycles. The van der Waals surface area contributed by atoms with Crippen LogP contribution >= 0.6 is 11.6 Å². The number of ether oxygens (including phenoxy) is 1. The summed E-state index contributed by atoms with van der Waals surface area (Å²) in [7, 11) is 0. The van der Waals surface area contributed by atoms with Gasteiger partial charge in [0.15, 0.2) is 6.61 Å². The Balaban J connectivity index is 1.75. The van der Waals surface area contributed by atoms with E-state index in [0.717, 1.165) is 5.56 Å². The lowest BCUT2D eigenvalue weighted by Gasteiger charge is -2.09. The molecule has 1 heterocycles. The Labute approximate surface area is 160 Å². The number of pyridine rings is 1. The first kappa shape index (κ1) is 18.4. The largest absolute Gasteiger partial charge is 0.482 e. The number of carboxylic acids is 1. The van der Waals surface area contributed by atoms with Gasteiger partial charge in [0.1, 0.15) is 11.4 Å². The van der Waals surface area contributed by atoms with Crippen molar-refractivity contribution < 1.29 is 19.4 Å². The molecular formula is C20H15ClN2O4. The van der Waals surface area contributed by atoms with E-state index in [1.165, 1.54) is 0 Å². The van der Waals surface area contributed by atoms with Crippen LogP contribution in [-0.2, 0) is 4.79 Å². The van der Waals surface area contributed by atoms with Crippen LogP contribution < -0.4 is 10.1 Å². The zero-order valence-corrected chi connectivity index (χ0v) is 14.8. The molecule has 2 aromatic carbocycles. The van der Waals surface area contributed by atoms with Crippen molar-refractivity contribution in [3.05, 3.63) is 77.4 Å². The van der Waals surface area contributed by atoms with Crippen LogP contribution in [0.1, 0.15) is 10.5 Å². The summed E-state index contributed by atoms with van der Waals surface area (Å²) in [6, 6.07) is 18.8. The summed E-state index contributed by atoms with van der Waals surface area (Å²) in [5, 5.41) is 12.0. The van der Waals surface area contributed by atoms with Crippen molar-refractivity contribution >= 4 is 29.2 Å². The molecule has 0 fully saturated rings. The number of carbonyl (C=O) groups is 2. The van der Waals surface area contributed by atoms with Crippen LogP contribution in [0.4, 0.5) is 5.69 Å². The van der Waals surface area contributed by atoms with E-state index < -0.39 is 12.6 Å². The predicted octanol–water partition coefficient (Wildman–Crippen LogP) is 4.12. The maximum atomic E-state index is 12.5. The smallest absolute Gasteiger partial charge is 0.341 e. The van der Waals surface area contributed by atoms with Gasteiger partial charge in [-0.15, -0.1) is 0 Å². The number of amides is 1. The van der Waals surface area contributed by atoms with Crippen molar-refractivity contribution in [3.8, 4) is 17.0 Å². The minimum absolute atomic E-state index is 0.249. The molecule has 0 unspecified atom stereocenters. The molecule has 0 atom stereocenters. The molecule has 3 rings (SSSR count). The van der Waals surface area contributed by atoms with E-state index in [2.05, 4.69) is 10.3 Å². The van der Waals surface area contributed by atoms with Crippen LogP contribution in [0.15, 0.2) is 66.7 Å². The molecule has 0 radical (unpaired) electrons. The Bertz CT molecular complexity index is 974. The second-order valence-electron chi connectivity index (χ2n) is 5.58. The predicted molar refractivity (Wildman–Crippen MR) is 102 cm³/mol. The fourth-order valence-corrected chi connectivity index (χ4v) is 2.47. The van der Waals surface area contributed by atoms with E-state index >= 15 is 0 Å². The third kappa shape index (κ3) is 5.05. The zero-order chi connectivity index (χ0) is 19.2. The monoisotopic (exact) mass is 382 g/mol. The zero-order valence-electron chi connectivity index (χ0n) is 14.1. The van der Waals surface area contributed by atoms with Crippen LogP contribution in [0.3, 0.4) is 0 Å².